The lowest BCUT2D eigenvalue weighted by molar-refractivity contribution is 0.374. The smallest absolute Gasteiger partial charge is 0.228 e. The molecule has 0 atom stereocenters. The Hall–Kier alpha value is -1.20. The van der Waals surface area contributed by atoms with Gasteiger partial charge in [-0.05, 0) is 11.4 Å². The molecule has 0 saturated heterocycles. The van der Waals surface area contributed by atoms with Crippen LogP contribution in [0.4, 0.5) is 0 Å². The maximum Gasteiger partial charge on any atom is 0.228 e. The fraction of sp³-hybridized carbons (Fsp3) is 0.455. The molecule has 0 aromatic carbocycles. The summed E-state index contributed by atoms with van der Waals surface area (Å²) in [6.45, 7) is 5.10. The highest BCUT2D eigenvalue weighted by Crippen LogP contribution is 2.18. The zero-order valence-electron chi connectivity index (χ0n) is 9.43. The van der Waals surface area contributed by atoms with E-state index < -0.39 is 0 Å². The average Bonchev–Trinajstić information content (AvgIpc) is 2.85. The summed E-state index contributed by atoms with van der Waals surface area (Å²) in [7, 11) is 0. The maximum atomic E-state index is 5.17. The van der Waals surface area contributed by atoms with Gasteiger partial charge >= 0.3 is 0 Å². The third kappa shape index (κ3) is 2.90. The number of hydrogen-bond donors (Lipinski definition) is 1. The number of nitrogens with zero attached hydrogens (tertiary/aromatic N) is 2. The summed E-state index contributed by atoms with van der Waals surface area (Å²) in [5.41, 5.74) is 1.02. The monoisotopic (exact) mass is 237 g/mol. The van der Waals surface area contributed by atoms with Crippen LogP contribution in [0, 0.1) is 0 Å². The summed E-state index contributed by atoms with van der Waals surface area (Å²) >= 11 is 1.63. The molecule has 0 unspecified atom stereocenters. The minimum Gasteiger partial charge on any atom is -0.339 e. The maximum absolute atomic E-state index is 5.17. The van der Waals surface area contributed by atoms with Crippen LogP contribution in [0.3, 0.4) is 0 Å². The molecule has 2 rings (SSSR count). The highest BCUT2D eigenvalue weighted by Gasteiger charge is 2.08. The minimum absolute atomic E-state index is 0.485. The van der Waals surface area contributed by atoms with Crippen molar-refractivity contribution in [1.82, 2.24) is 15.5 Å². The number of hydrogen-bond acceptors (Lipinski definition) is 5. The van der Waals surface area contributed by atoms with Crippen LogP contribution in [-0.4, -0.2) is 22.7 Å². The van der Waals surface area contributed by atoms with E-state index in [-0.39, 0.29) is 0 Å². The second kappa shape index (κ2) is 5.23. The summed E-state index contributed by atoms with van der Waals surface area (Å²) in [6.07, 6.45) is 0.773. The lowest BCUT2D eigenvalue weighted by Crippen LogP contribution is -2.24. The van der Waals surface area contributed by atoms with Crippen molar-refractivity contribution in [3.8, 4) is 11.4 Å². The largest absolute Gasteiger partial charge is 0.339 e. The first-order valence-corrected chi connectivity index (χ1v) is 6.28. The SMILES string of the molecule is CC(C)NCCc1nc(-c2ccsc2)no1. The Labute approximate surface area is 98.7 Å². The van der Waals surface area contributed by atoms with E-state index >= 15 is 0 Å². The van der Waals surface area contributed by atoms with Crippen LogP contribution >= 0.6 is 11.3 Å². The van der Waals surface area contributed by atoms with Crippen molar-refractivity contribution in [3.05, 3.63) is 22.7 Å². The zero-order valence-corrected chi connectivity index (χ0v) is 10.3. The van der Waals surface area contributed by atoms with Gasteiger partial charge in [0.1, 0.15) is 0 Å². The molecule has 0 bridgehead atoms. The molecule has 16 heavy (non-hydrogen) atoms. The van der Waals surface area contributed by atoms with Crippen molar-refractivity contribution in [2.45, 2.75) is 26.3 Å². The fourth-order valence-corrected chi connectivity index (χ4v) is 1.97. The van der Waals surface area contributed by atoms with Gasteiger partial charge in [-0.2, -0.15) is 16.3 Å². The van der Waals surface area contributed by atoms with Crippen molar-refractivity contribution in [2.24, 2.45) is 0 Å². The summed E-state index contributed by atoms with van der Waals surface area (Å²) < 4.78 is 5.17. The molecule has 5 heteroatoms. The second-order valence-corrected chi connectivity index (χ2v) is 4.66. The molecule has 0 radical (unpaired) electrons. The first kappa shape index (κ1) is 11.3. The average molecular weight is 237 g/mol. The van der Waals surface area contributed by atoms with Crippen LogP contribution in [0.5, 0.6) is 0 Å². The van der Waals surface area contributed by atoms with Crippen molar-refractivity contribution in [2.75, 3.05) is 6.54 Å². The summed E-state index contributed by atoms with van der Waals surface area (Å²) in [5.74, 6) is 1.37. The fourth-order valence-electron chi connectivity index (χ4n) is 1.33. The third-order valence-electron chi connectivity index (χ3n) is 2.14. The van der Waals surface area contributed by atoms with E-state index in [1.165, 1.54) is 0 Å². The van der Waals surface area contributed by atoms with Gasteiger partial charge in [0.2, 0.25) is 11.7 Å². The van der Waals surface area contributed by atoms with Gasteiger partial charge in [0, 0.05) is 30.0 Å². The van der Waals surface area contributed by atoms with Crippen molar-refractivity contribution < 1.29 is 4.52 Å². The van der Waals surface area contributed by atoms with E-state index in [1.54, 1.807) is 11.3 Å². The van der Waals surface area contributed by atoms with E-state index in [2.05, 4.69) is 29.3 Å². The van der Waals surface area contributed by atoms with Crippen LogP contribution in [0.2, 0.25) is 0 Å². The Balaban J connectivity index is 1.93. The number of nitrogens with one attached hydrogen (secondary N) is 1. The highest BCUT2D eigenvalue weighted by molar-refractivity contribution is 7.08. The molecule has 0 aliphatic carbocycles. The predicted molar refractivity (Wildman–Crippen MR) is 64.5 cm³/mol. The molecule has 0 saturated carbocycles. The molecule has 2 heterocycles. The zero-order chi connectivity index (χ0) is 11.4. The molecule has 2 aromatic heterocycles. The Morgan fingerprint density at radius 2 is 2.38 bits per heavy atom. The van der Waals surface area contributed by atoms with E-state index in [1.807, 2.05) is 16.8 Å². The summed E-state index contributed by atoms with van der Waals surface area (Å²) in [6, 6.07) is 2.48. The van der Waals surface area contributed by atoms with Gasteiger partial charge in [0.05, 0.1) is 0 Å². The molecular weight excluding hydrogens is 222 g/mol. The van der Waals surface area contributed by atoms with Crippen LogP contribution in [0.25, 0.3) is 11.4 Å². The topological polar surface area (TPSA) is 51.0 Å². The van der Waals surface area contributed by atoms with Gasteiger partial charge in [-0.3, -0.25) is 0 Å². The lowest BCUT2D eigenvalue weighted by atomic mass is 10.3. The quantitative estimate of drug-likeness (QED) is 0.867. The number of aromatic nitrogens is 2. The van der Waals surface area contributed by atoms with Crippen LogP contribution in [0.15, 0.2) is 21.3 Å². The van der Waals surface area contributed by atoms with E-state index in [9.17, 15) is 0 Å². The second-order valence-electron chi connectivity index (χ2n) is 3.88. The van der Waals surface area contributed by atoms with Crippen LogP contribution in [0.1, 0.15) is 19.7 Å². The molecule has 0 aliphatic rings. The van der Waals surface area contributed by atoms with Crippen molar-refractivity contribution in [3.63, 3.8) is 0 Å². The lowest BCUT2D eigenvalue weighted by Gasteiger charge is -2.04. The Morgan fingerprint density at radius 1 is 1.50 bits per heavy atom. The first-order valence-electron chi connectivity index (χ1n) is 5.34. The minimum atomic E-state index is 0.485. The molecule has 0 spiro atoms. The molecular formula is C11H15N3OS. The summed E-state index contributed by atoms with van der Waals surface area (Å²) in [4.78, 5) is 4.34. The van der Waals surface area contributed by atoms with Crippen molar-refractivity contribution >= 4 is 11.3 Å². The van der Waals surface area contributed by atoms with Crippen LogP contribution < -0.4 is 5.32 Å². The molecule has 2 aromatic rings. The summed E-state index contributed by atoms with van der Waals surface area (Å²) in [5, 5.41) is 11.3. The van der Waals surface area contributed by atoms with Gasteiger partial charge in [-0.15, -0.1) is 0 Å². The standard InChI is InChI=1S/C11H15N3OS/c1-8(2)12-5-3-10-13-11(14-15-10)9-4-6-16-7-9/h4,6-8,12H,3,5H2,1-2H3. The van der Waals surface area contributed by atoms with Gasteiger partial charge in [-0.1, -0.05) is 19.0 Å². The van der Waals surface area contributed by atoms with Crippen molar-refractivity contribution in [1.29, 1.82) is 0 Å². The van der Waals surface area contributed by atoms with E-state index in [0.29, 0.717) is 17.8 Å². The molecule has 0 aliphatic heterocycles. The van der Waals surface area contributed by atoms with Gasteiger partial charge in [-0.25, -0.2) is 0 Å². The molecule has 0 fully saturated rings. The molecule has 86 valence electrons. The van der Waals surface area contributed by atoms with E-state index in [0.717, 1.165) is 18.5 Å². The number of rotatable bonds is 5. The van der Waals surface area contributed by atoms with Gasteiger partial charge in [0.15, 0.2) is 0 Å². The third-order valence-corrected chi connectivity index (χ3v) is 2.82. The normalized spacial score (nSPS) is 11.2. The molecule has 0 amide bonds. The Bertz CT molecular complexity index is 422. The van der Waals surface area contributed by atoms with Gasteiger partial charge < -0.3 is 9.84 Å². The Kier molecular flexibility index (Phi) is 3.69. The Morgan fingerprint density at radius 3 is 3.06 bits per heavy atom. The first-order chi connectivity index (χ1) is 7.75. The molecule has 4 nitrogen and oxygen atoms in total. The van der Waals surface area contributed by atoms with Crippen LogP contribution in [-0.2, 0) is 6.42 Å². The van der Waals surface area contributed by atoms with Gasteiger partial charge in [0.25, 0.3) is 0 Å². The highest BCUT2D eigenvalue weighted by atomic mass is 32.1. The molecule has 1 N–H and O–H groups in total. The number of thiophene rings is 1. The van der Waals surface area contributed by atoms with E-state index in [4.69, 9.17) is 4.52 Å². The predicted octanol–water partition coefficient (Wildman–Crippen LogP) is 2.34.